The van der Waals surface area contributed by atoms with E-state index in [-0.39, 0.29) is 11.3 Å². The molecule has 0 amide bonds. The fourth-order valence-corrected chi connectivity index (χ4v) is 5.04. The van der Waals surface area contributed by atoms with Crippen LogP contribution in [0, 0.1) is 0 Å². The molecule has 4 rings (SSSR count). The fourth-order valence-electron chi connectivity index (χ4n) is 3.51. The molecule has 0 aliphatic heterocycles. The molecule has 7 heteroatoms. The molecule has 0 spiro atoms. The van der Waals surface area contributed by atoms with Crippen molar-refractivity contribution in [3.05, 3.63) is 89.4 Å². The van der Waals surface area contributed by atoms with Gasteiger partial charge in [-0.05, 0) is 47.4 Å². The maximum atomic E-state index is 12.9. The number of aliphatic carboxylic acids is 1. The van der Waals surface area contributed by atoms with E-state index in [0.29, 0.717) is 5.02 Å². The molecule has 3 aromatic carbocycles. The number of nitrogens with one attached hydrogen (secondary N) is 1. The van der Waals surface area contributed by atoms with E-state index >= 15 is 0 Å². The van der Waals surface area contributed by atoms with Crippen LogP contribution in [0.1, 0.15) is 17.9 Å². The van der Waals surface area contributed by atoms with E-state index in [9.17, 15) is 18.3 Å². The molecule has 2 N–H and O–H groups in total. The number of carboxylic acids is 1. The maximum absolute atomic E-state index is 12.9. The van der Waals surface area contributed by atoms with Gasteiger partial charge in [-0.2, -0.15) is 4.72 Å². The molecule has 0 radical (unpaired) electrons. The lowest BCUT2D eigenvalue weighted by Crippen LogP contribution is -2.44. The Balaban J connectivity index is 1.58. The van der Waals surface area contributed by atoms with E-state index in [2.05, 4.69) is 4.72 Å². The molecular weight excluding hydrogens is 410 g/mol. The summed E-state index contributed by atoms with van der Waals surface area (Å²) in [6.07, 6.45) is 0.217. The van der Waals surface area contributed by atoms with Crippen molar-refractivity contribution in [3.63, 3.8) is 0 Å². The third-order valence-electron chi connectivity index (χ3n) is 5.20. The first kappa shape index (κ1) is 19.6. The van der Waals surface area contributed by atoms with Crippen molar-refractivity contribution in [1.29, 1.82) is 0 Å². The first-order chi connectivity index (χ1) is 13.8. The number of carboxylic acid groups (broad SMARTS) is 1. The second-order valence-electron chi connectivity index (χ2n) is 7.08. The molecule has 0 bridgehead atoms. The van der Waals surface area contributed by atoms with Crippen molar-refractivity contribution in [1.82, 2.24) is 4.72 Å². The van der Waals surface area contributed by atoms with Crippen molar-refractivity contribution in [2.75, 3.05) is 0 Å². The van der Waals surface area contributed by atoms with Crippen molar-refractivity contribution >= 4 is 27.6 Å². The highest BCUT2D eigenvalue weighted by atomic mass is 35.5. The largest absolute Gasteiger partial charge is 0.480 e. The summed E-state index contributed by atoms with van der Waals surface area (Å²) in [6.45, 7) is 0. The number of hydrogen-bond acceptors (Lipinski definition) is 3. The van der Waals surface area contributed by atoms with Crippen molar-refractivity contribution < 1.29 is 18.3 Å². The molecule has 0 saturated heterocycles. The molecule has 0 unspecified atom stereocenters. The number of rotatable bonds is 6. The van der Waals surface area contributed by atoms with E-state index in [4.69, 9.17) is 11.6 Å². The number of halogens is 1. The van der Waals surface area contributed by atoms with Crippen LogP contribution in [-0.2, 0) is 14.8 Å². The first-order valence-electron chi connectivity index (χ1n) is 9.00. The molecule has 0 aromatic heterocycles. The Morgan fingerprint density at radius 1 is 0.931 bits per heavy atom. The second-order valence-corrected chi connectivity index (χ2v) is 9.20. The van der Waals surface area contributed by atoms with Gasteiger partial charge in [-0.3, -0.25) is 4.79 Å². The van der Waals surface area contributed by atoms with E-state index in [1.165, 1.54) is 12.1 Å². The zero-order valence-corrected chi connectivity index (χ0v) is 16.8. The van der Waals surface area contributed by atoms with Gasteiger partial charge in [0.15, 0.2) is 0 Å². The van der Waals surface area contributed by atoms with Gasteiger partial charge in [-0.1, -0.05) is 66.2 Å². The van der Waals surface area contributed by atoms with Gasteiger partial charge in [-0.15, -0.1) is 0 Å². The Hall–Kier alpha value is -2.67. The zero-order chi connectivity index (χ0) is 20.6. The van der Waals surface area contributed by atoms with Gasteiger partial charge in [0, 0.05) is 10.9 Å². The molecule has 148 valence electrons. The first-order valence-corrected chi connectivity index (χ1v) is 10.9. The standard InChI is InChI=1S/C22H18ClNO4S/c23-18-10-6-15(7-11-18)16-8-12-19(13-9-16)29(27,28)24-22(21(25)26)14-20(22)17-4-2-1-3-5-17/h1-13,20,24H,14H2,(H,25,26)/t20-,22+/m1/s1. The lowest BCUT2D eigenvalue weighted by molar-refractivity contribution is -0.140. The Morgan fingerprint density at radius 3 is 2.03 bits per heavy atom. The number of hydrogen-bond donors (Lipinski definition) is 2. The monoisotopic (exact) mass is 427 g/mol. The molecule has 1 fully saturated rings. The summed E-state index contributed by atoms with van der Waals surface area (Å²) in [5.41, 5.74) is 1.02. The third kappa shape index (κ3) is 3.79. The minimum Gasteiger partial charge on any atom is -0.480 e. The van der Waals surface area contributed by atoms with Crippen LogP contribution in [0.15, 0.2) is 83.8 Å². The number of sulfonamides is 1. The topological polar surface area (TPSA) is 83.5 Å². The molecule has 3 aromatic rings. The summed E-state index contributed by atoms with van der Waals surface area (Å²) in [5, 5.41) is 10.3. The summed E-state index contributed by atoms with van der Waals surface area (Å²) in [6, 6.07) is 22.6. The summed E-state index contributed by atoms with van der Waals surface area (Å²) >= 11 is 5.90. The van der Waals surface area contributed by atoms with Gasteiger partial charge in [0.05, 0.1) is 4.90 Å². The predicted octanol–water partition coefficient (Wildman–Crippen LogP) is 4.30. The molecular formula is C22H18ClNO4S. The molecule has 0 heterocycles. The Bertz CT molecular complexity index is 1150. The van der Waals surface area contributed by atoms with E-state index < -0.39 is 27.4 Å². The quantitative estimate of drug-likeness (QED) is 0.614. The average Bonchev–Trinajstić information content (AvgIpc) is 3.44. The highest BCUT2D eigenvalue weighted by molar-refractivity contribution is 7.89. The molecule has 1 aliphatic rings. The fraction of sp³-hybridized carbons (Fsp3) is 0.136. The Kier molecular flexibility index (Phi) is 4.94. The lowest BCUT2D eigenvalue weighted by atomic mass is 10.1. The van der Waals surface area contributed by atoms with E-state index in [0.717, 1.165) is 16.7 Å². The van der Waals surface area contributed by atoms with Gasteiger partial charge >= 0.3 is 5.97 Å². The number of benzene rings is 3. The summed E-state index contributed by atoms with van der Waals surface area (Å²) in [7, 11) is -4.00. The van der Waals surface area contributed by atoms with Crippen LogP contribution in [0.2, 0.25) is 5.02 Å². The maximum Gasteiger partial charge on any atom is 0.325 e. The Labute approximate surface area is 174 Å². The molecule has 29 heavy (non-hydrogen) atoms. The number of carbonyl (C=O) groups is 1. The summed E-state index contributed by atoms with van der Waals surface area (Å²) < 4.78 is 28.2. The van der Waals surface area contributed by atoms with E-state index in [1.807, 2.05) is 42.5 Å². The van der Waals surface area contributed by atoms with Crippen molar-refractivity contribution in [2.45, 2.75) is 22.8 Å². The van der Waals surface area contributed by atoms with Crippen LogP contribution in [-0.4, -0.2) is 25.0 Å². The van der Waals surface area contributed by atoms with Crippen LogP contribution in [0.5, 0.6) is 0 Å². The van der Waals surface area contributed by atoms with Crippen molar-refractivity contribution in [2.24, 2.45) is 0 Å². The smallest absolute Gasteiger partial charge is 0.325 e. The van der Waals surface area contributed by atoms with Gasteiger partial charge in [0.1, 0.15) is 5.54 Å². The van der Waals surface area contributed by atoms with Crippen LogP contribution in [0.3, 0.4) is 0 Å². The lowest BCUT2D eigenvalue weighted by Gasteiger charge is -2.16. The zero-order valence-electron chi connectivity index (χ0n) is 15.2. The average molecular weight is 428 g/mol. The van der Waals surface area contributed by atoms with E-state index in [1.54, 1.807) is 24.3 Å². The Morgan fingerprint density at radius 2 is 1.48 bits per heavy atom. The van der Waals surface area contributed by atoms with Gasteiger partial charge in [-0.25, -0.2) is 8.42 Å². The summed E-state index contributed by atoms with van der Waals surface area (Å²) in [5.74, 6) is -1.57. The summed E-state index contributed by atoms with van der Waals surface area (Å²) in [4.78, 5) is 11.9. The van der Waals surface area contributed by atoms with Gasteiger partial charge in [0.25, 0.3) is 0 Å². The highest BCUT2D eigenvalue weighted by Crippen LogP contribution is 2.52. The minimum atomic E-state index is -4.00. The van der Waals surface area contributed by atoms with Gasteiger partial charge in [0.2, 0.25) is 10.0 Å². The van der Waals surface area contributed by atoms with Crippen LogP contribution in [0.4, 0.5) is 0 Å². The van der Waals surface area contributed by atoms with Crippen LogP contribution in [0.25, 0.3) is 11.1 Å². The molecule has 1 aliphatic carbocycles. The van der Waals surface area contributed by atoms with Crippen molar-refractivity contribution in [3.8, 4) is 11.1 Å². The normalized spacial score (nSPS) is 20.9. The SMILES string of the molecule is O=C(O)[C@]1(NS(=O)(=O)c2ccc(-c3ccc(Cl)cc3)cc2)C[C@@H]1c1ccccc1. The highest BCUT2D eigenvalue weighted by Gasteiger charge is 2.63. The van der Waals surface area contributed by atoms with Crippen LogP contribution >= 0.6 is 11.6 Å². The predicted molar refractivity (Wildman–Crippen MR) is 111 cm³/mol. The minimum absolute atomic E-state index is 0.0227. The van der Waals surface area contributed by atoms with Crippen LogP contribution < -0.4 is 4.72 Å². The third-order valence-corrected chi connectivity index (χ3v) is 6.98. The molecule has 1 saturated carbocycles. The second kappa shape index (κ2) is 7.30. The molecule has 5 nitrogen and oxygen atoms in total. The molecule has 2 atom stereocenters. The van der Waals surface area contributed by atoms with Gasteiger partial charge < -0.3 is 5.11 Å².